The van der Waals surface area contributed by atoms with Crippen LogP contribution in [0.4, 0.5) is 0 Å². The van der Waals surface area contributed by atoms with Crippen molar-refractivity contribution in [3.63, 3.8) is 0 Å². The maximum Gasteiger partial charge on any atom is 0.323 e. The number of carbonyl (C=O) groups is 1. The lowest BCUT2D eigenvalue weighted by Gasteiger charge is -2.14. The molecule has 4 heteroatoms. The van der Waals surface area contributed by atoms with Crippen LogP contribution in [0.1, 0.15) is 18.4 Å². The summed E-state index contributed by atoms with van der Waals surface area (Å²) < 4.78 is 0. The molecule has 0 saturated heterocycles. The molecule has 16 heavy (non-hydrogen) atoms. The fourth-order valence-corrected chi connectivity index (χ4v) is 1.50. The van der Waals surface area contributed by atoms with Crippen molar-refractivity contribution in [2.24, 2.45) is 5.73 Å². The van der Waals surface area contributed by atoms with Gasteiger partial charge in [0.15, 0.2) is 0 Å². The number of carboxylic acids is 1. The van der Waals surface area contributed by atoms with Gasteiger partial charge in [0.1, 0.15) is 6.04 Å². The molecule has 4 nitrogen and oxygen atoms in total. The number of carboxylic acid groups (broad SMARTS) is 1. The first-order valence-electron chi connectivity index (χ1n) is 5.31. The zero-order valence-corrected chi connectivity index (χ0v) is 9.04. The second-order valence-electron chi connectivity index (χ2n) is 3.81. The van der Waals surface area contributed by atoms with Crippen LogP contribution in [0.25, 0.3) is 0 Å². The molecule has 0 aliphatic rings. The molecule has 0 heterocycles. The van der Waals surface area contributed by atoms with E-state index in [0.717, 1.165) is 12.8 Å². The van der Waals surface area contributed by atoms with E-state index in [-0.39, 0.29) is 0 Å². The van der Waals surface area contributed by atoms with Gasteiger partial charge in [-0.3, -0.25) is 4.79 Å². The number of aryl methyl sites for hydroxylation is 1. The highest BCUT2D eigenvalue weighted by atomic mass is 16.4. The minimum Gasteiger partial charge on any atom is -0.480 e. The van der Waals surface area contributed by atoms with E-state index in [4.69, 9.17) is 10.8 Å². The molecule has 0 aliphatic heterocycles. The normalized spacial score (nSPS) is 14.4. The molecule has 1 unspecified atom stereocenters. The van der Waals surface area contributed by atoms with Crippen LogP contribution >= 0.6 is 0 Å². The first-order chi connectivity index (χ1) is 7.61. The zero-order chi connectivity index (χ0) is 12.0. The largest absolute Gasteiger partial charge is 0.480 e. The Morgan fingerprint density at radius 1 is 1.31 bits per heavy atom. The third-order valence-electron chi connectivity index (χ3n) is 2.51. The Morgan fingerprint density at radius 3 is 2.50 bits per heavy atom. The first-order valence-corrected chi connectivity index (χ1v) is 5.31. The Morgan fingerprint density at radius 2 is 1.94 bits per heavy atom. The molecule has 88 valence electrons. The number of rotatable bonds is 6. The summed E-state index contributed by atoms with van der Waals surface area (Å²) in [6, 6.07) is 8.67. The summed E-state index contributed by atoms with van der Waals surface area (Å²) in [6.07, 6.45) is 0.986. The summed E-state index contributed by atoms with van der Waals surface area (Å²) in [4.78, 5) is 10.5. The summed E-state index contributed by atoms with van der Waals surface area (Å²) in [5.41, 5.74) is 6.47. The Hall–Kier alpha value is -1.39. The number of nitrogens with two attached hydrogens (primary N) is 1. The van der Waals surface area contributed by atoms with E-state index >= 15 is 0 Å². The predicted octanol–water partition coefficient (Wildman–Crippen LogP) is 0.782. The van der Waals surface area contributed by atoms with E-state index in [1.807, 2.05) is 30.3 Å². The molecule has 1 aromatic rings. The lowest BCUT2D eigenvalue weighted by Crippen LogP contribution is -2.41. The number of aliphatic carboxylic acids is 1. The highest BCUT2D eigenvalue weighted by Gasteiger charge is 2.20. The van der Waals surface area contributed by atoms with Crippen molar-refractivity contribution >= 4 is 5.97 Å². The molecule has 0 aliphatic carbocycles. The van der Waals surface area contributed by atoms with E-state index in [1.165, 1.54) is 5.56 Å². The monoisotopic (exact) mass is 223 g/mol. The van der Waals surface area contributed by atoms with Crippen LogP contribution < -0.4 is 5.73 Å². The quantitative estimate of drug-likeness (QED) is 0.665. The van der Waals surface area contributed by atoms with Gasteiger partial charge in [-0.1, -0.05) is 30.3 Å². The summed E-state index contributed by atoms with van der Waals surface area (Å²) in [6.45, 7) is 0. The van der Waals surface area contributed by atoms with Crippen LogP contribution in [-0.4, -0.2) is 28.3 Å². The van der Waals surface area contributed by atoms with Crippen molar-refractivity contribution in [3.05, 3.63) is 35.9 Å². The highest BCUT2D eigenvalue weighted by molar-refractivity contribution is 5.73. The lowest BCUT2D eigenvalue weighted by atomic mass is 10.0. The molecule has 0 spiro atoms. The van der Waals surface area contributed by atoms with E-state index < -0.39 is 18.1 Å². The number of benzene rings is 1. The third-order valence-corrected chi connectivity index (χ3v) is 2.51. The summed E-state index contributed by atoms with van der Waals surface area (Å²) in [5.74, 6) is -1.16. The SMILES string of the molecule is NC(C(=O)O)[C@@H](O)CCCc1ccccc1. The van der Waals surface area contributed by atoms with Crippen molar-refractivity contribution < 1.29 is 15.0 Å². The smallest absolute Gasteiger partial charge is 0.323 e. The third kappa shape index (κ3) is 4.00. The minimum absolute atomic E-state index is 0.405. The number of hydrogen-bond donors (Lipinski definition) is 3. The van der Waals surface area contributed by atoms with Gasteiger partial charge in [0, 0.05) is 0 Å². The van der Waals surface area contributed by atoms with Crippen LogP contribution in [0, 0.1) is 0 Å². The average Bonchev–Trinajstić information content (AvgIpc) is 2.29. The maximum absolute atomic E-state index is 10.5. The molecule has 0 fully saturated rings. The first kappa shape index (κ1) is 12.7. The van der Waals surface area contributed by atoms with Crippen molar-refractivity contribution in [1.29, 1.82) is 0 Å². The van der Waals surface area contributed by atoms with Crippen LogP contribution in [0.15, 0.2) is 30.3 Å². The van der Waals surface area contributed by atoms with Gasteiger partial charge < -0.3 is 15.9 Å². The van der Waals surface area contributed by atoms with Gasteiger partial charge in [-0.05, 0) is 24.8 Å². The standard InChI is InChI=1S/C12H17NO3/c13-11(12(15)16)10(14)8-4-7-9-5-2-1-3-6-9/h1-3,5-6,10-11,14H,4,7-8,13H2,(H,15,16)/t10-,11?/m0/s1. The Bertz CT molecular complexity index is 326. The molecule has 0 bridgehead atoms. The van der Waals surface area contributed by atoms with Crippen LogP contribution in [0.3, 0.4) is 0 Å². The van der Waals surface area contributed by atoms with E-state index in [2.05, 4.69) is 0 Å². The average molecular weight is 223 g/mol. The van der Waals surface area contributed by atoms with Crippen LogP contribution in [0.2, 0.25) is 0 Å². The maximum atomic E-state index is 10.5. The van der Waals surface area contributed by atoms with Crippen molar-refractivity contribution in [2.75, 3.05) is 0 Å². The van der Waals surface area contributed by atoms with Gasteiger partial charge in [0.2, 0.25) is 0 Å². The summed E-state index contributed by atoms with van der Waals surface area (Å²) in [5, 5.41) is 18.0. The Labute approximate surface area is 94.7 Å². The summed E-state index contributed by atoms with van der Waals surface area (Å²) in [7, 11) is 0. The fourth-order valence-electron chi connectivity index (χ4n) is 1.50. The van der Waals surface area contributed by atoms with Crippen molar-refractivity contribution in [2.45, 2.75) is 31.4 Å². The lowest BCUT2D eigenvalue weighted by molar-refractivity contribution is -0.141. The Kier molecular flexibility index (Phi) is 4.95. The molecular formula is C12H17NO3. The number of hydrogen-bond acceptors (Lipinski definition) is 3. The predicted molar refractivity (Wildman–Crippen MR) is 61.0 cm³/mol. The molecule has 0 aromatic heterocycles. The molecule has 0 radical (unpaired) electrons. The number of aliphatic hydroxyl groups is 1. The highest BCUT2D eigenvalue weighted by Crippen LogP contribution is 2.08. The topological polar surface area (TPSA) is 83.6 Å². The van der Waals surface area contributed by atoms with Gasteiger partial charge in [-0.25, -0.2) is 0 Å². The minimum atomic E-state index is -1.18. The summed E-state index contributed by atoms with van der Waals surface area (Å²) >= 11 is 0. The van der Waals surface area contributed by atoms with Gasteiger partial charge in [-0.15, -0.1) is 0 Å². The van der Waals surface area contributed by atoms with Gasteiger partial charge in [-0.2, -0.15) is 0 Å². The van der Waals surface area contributed by atoms with Gasteiger partial charge >= 0.3 is 5.97 Å². The van der Waals surface area contributed by atoms with Gasteiger partial charge in [0.25, 0.3) is 0 Å². The molecule has 1 rings (SSSR count). The van der Waals surface area contributed by atoms with E-state index in [1.54, 1.807) is 0 Å². The second-order valence-corrected chi connectivity index (χ2v) is 3.81. The molecule has 0 amide bonds. The molecule has 0 saturated carbocycles. The van der Waals surface area contributed by atoms with E-state index in [9.17, 15) is 9.90 Å². The zero-order valence-electron chi connectivity index (χ0n) is 9.04. The molecule has 1 aromatic carbocycles. The van der Waals surface area contributed by atoms with Gasteiger partial charge in [0.05, 0.1) is 6.10 Å². The van der Waals surface area contributed by atoms with Crippen LogP contribution in [0.5, 0.6) is 0 Å². The van der Waals surface area contributed by atoms with Crippen molar-refractivity contribution in [3.8, 4) is 0 Å². The number of aliphatic hydroxyl groups excluding tert-OH is 1. The van der Waals surface area contributed by atoms with E-state index in [0.29, 0.717) is 6.42 Å². The second kappa shape index (κ2) is 6.25. The molecular weight excluding hydrogens is 206 g/mol. The molecule has 4 N–H and O–H groups in total. The van der Waals surface area contributed by atoms with Crippen LogP contribution in [-0.2, 0) is 11.2 Å². The van der Waals surface area contributed by atoms with Crippen molar-refractivity contribution in [1.82, 2.24) is 0 Å². The molecule has 2 atom stereocenters. The fraction of sp³-hybridized carbons (Fsp3) is 0.417. The Balaban J connectivity index is 2.28.